The number of hydrogen-bond acceptors (Lipinski definition) is 7. The van der Waals surface area contributed by atoms with Gasteiger partial charge in [-0.25, -0.2) is 19.9 Å². The molecule has 3 aromatic heterocycles. The molecule has 0 amide bonds. The second-order valence-electron chi connectivity index (χ2n) is 7.85. The molecule has 9 heteroatoms. The lowest BCUT2D eigenvalue weighted by Gasteiger charge is -2.40. The normalized spacial score (nSPS) is 14.3. The number of aromatic nitrogens is 7. The van der Waals surface area contributed by atoms with Crippen molar-refractivity contribution in [2.75, 3.05) is 18.0 Å². The molecule has 1 aliphatic heterocycles. The Morgan fingerprint density at radius 1 is 1.06 bits per heavy atom. The average Bonchev–Trinajstić information content (AvgIpc) is 3.17. The fourth-order valence-corrected chi connectivity index (χ4v) is 4.06. The van der Waals surface area contributed by atoms with E-state index < -0.39 is 0 Å². The molecule has 4 heterocycles. The second-order valence-corrected chi connectivity index (χ2v) is 7.85. The quantitative estimate of drug-likeness (QED) is 0.607. The summed E-state index contributed by atoms with van der Waals surface area (Å²) in [6, 6.07) is 4.21. The van der Waals surface area contributed by atoms with E-state index in [4.69, 9.17) is 10.2 Å². The maximum atomic E-state index is 9.08. The van der Waals surface area contributed by atoms with Crippen molar-refractivity contribution in [1.82, 2.24) is 34.3 Å². The van der Waals surface area contributed by atoms with E-state index >= 15 is 0 Å². The summed E-state index contributed by atoms with van der Waals surface area (Å²) in [4.78, 5) is 20.6. The Labute approximate surface area is 182 Å². The molecule has 31 heavy (non-hydrogen) atoms. The molecule has 0 saturated carbocycles. The molecule has 1 aliphatic rings. The van der Waals surface area contributed by atoms with Gasteiger partial charge in [-0.15, -0.1) is 5.10 Å². The zero-order chi connectivity index (χ0) is 22.1. The van der Waals surface area contributed by atoms with Crippen LogP contribution in [0.2, 0.25) is 0 Å². The molecule has 0 aliphatic carbocycles. The summed E-state index contributed by atoms with van der Waals surface area (Å²) < 4.78 is 3.95. The van der Waals surface area contributed by atoms with Gasteiger partial charge >= 0.3 is 0 Å². The van der Waals surface area contributed by atoms with Gasteiger partial charge in [-0.1, -0.05) is 6.08 Å². The number of nitriles is 1. The van der Waals surface area contributed by atoms with Crippen LogP contribution in [0.3, 0.4) is 0 Å². The Hall–Kier alpha value is -3.54. The van der Waals surface area contributed by atoms with Crippen molar-refractivity contribution >= 4 is 11.9 Å². The zero-order valence-corrected chi connectivity index (χ0v) is 18.7. The van der Waals surface area contributed by atoms with Gasteiger partial charge in [0.15, 0.2) is 5.82 Å². The minimum atomic E-state index is 0.297. The maximum Gasteiger partial charge on any atom is 0.161 e. The van der Waals surface area contributed by atoms with Crippen LogP contribution in [-0.4, -0.2) is 47.4 Å². The van der Waals surface area contributed by atoms with Crippen molar-refractivity contribution in [2.24, 2.45) is 0 Å². The molecule has 3 aromatic rings. The van der Waals surface area contributed by atoms with E-state index in [-0.39, 0.29) is 0 Å². The van der Waals surface area contributed by atoms with E-state index in [1.165, 1.54) is 0 Å². The topological polar surface area (TPSA) is 101 Å². The van der Waals surface area contributed by atoms with E-state index in [0.717, 1.165) is 53.6 Å². The molecule has 0 N–H and O–H groups in total. The molecule has 1 saturated heterocycles. The predicted octanol–water partition coefficient (Wildman–Crippen LogP) is 3.04. The van der Waals surface area contributed by atoms with Crippen LogP contribution in [0.4, 0.5) is 5.82 Å². The smallest absolute Gasteiger partial charge is 0.161 e. The van der Waals surface area contributed by atoms with Crippen molar-refractivity contribution in [3.8, 4) is 11.9 Å². The van der Waals surface area contributed by atoms with Crippen molar-refractivity contribution in [3.05, 3.63) is 46.8 Å². The van der Waals surface area contributed by atoms with E-state index in [9.17, 15) is 0 Å². The fourth-order valence-electron chi connectivity index (χ4n) is 4.06. The Balaban J connectivity index is 1.58. The van der Waals surface area contributed by atoms with Gasteiger partial charge in [0.1, 0.15) is 29.1 Å². The monoisotopic (exact) mass is 417 g/mol. The molecule has 0 atom stereocenters. The summed E-state index contributed by atoms with van der Waals surface area (Å²) >= 11 is 0. The van der Waals surface area contributed by atoms with Gasteiger partial charge in [0, 0.05) is 25.7 Å². The predicted molar refractivity (Wildman–Crippen MR) is 118 cm³/mol. The summed E-state index contributed by atoms with van der Waals surface area (Å²) in [5.74, 6) is 5.17. The first-order valence-electron chi connectivity index (χ1n) is 10.5. The van der Waals surface area contributed by atoms with Gasteiger partial charge in [0.05, 0.1) is 29.8 Å². The van der Waals surface area contributed by atoms with Crippen LogP contribution < -0.4 is 4.90 Å². The van der Waals surface area contributed by atoms with Crippen molar-refractivity contribution in [2.45, 2.75) is 53.5 Å². The summed E-state index contributed by atoms with van der Waals surface area (Å²) in [6.45, 7) is 12.0. The van der Waals surface area contributed by atoms with Crippen LogP contribution in [0.15, 0.2) is 12.1 Å². The minimum absolute atomic E-state index is 0.297. The maximum absolute atomic E-state index is 9.08. The fraction of sp³-hybridized carbons (Fsp3) is 0.455. The third-order valence-corrected chi connectivity index (χ3v) is 5.47. The highest BCUT2D eigenvalue weighted by molar-refractivity contribution is 5.51. The Kier molecular flexibility index (Phi) is 5.55. The van der Waals surface area contributed by atoms with E-state index in [0.29, 0.717) is 24.7 Å². The van der Waals surface area contributed by atoms with E-state index in [2.05, 4.69) is 41.7 Å². The Morgan fingerprint density at radius 2 is 1.81 bits per heavy atom. The molecule has 1 fully saturated rings. The lowest BCUT2D eigenvalue weighted by molar-refractivity contribution is 0.471. The standard InChI is InChI=1S/C22H27N9/c1-6-8-19-14(2)24-22(30(19)10-7-9-23)18-12-29(13-18)20-11-21(27-15(3)26-20)31-17(5)25-16(4)28-31/h6,8,11,18H,7,10,12-13H2,1-5H3. The third-order valence-electron chi connectivity index (χ3n) is 5.47. The van der Waals surface area contributed by atoms with Gasteiger partial charge in [-0.05, 0) is 40.7 Å². The molecule has 0 radical (unpaired) electrons. The molecular weight excluding hydrogens is 390 g/mol. The number of hydrogen-bond donors (Lipinski definition) is 0. The number of allylic oxidation sites excluding steroid dienone is 1. The van der Waals surface area contributed by atoms with Gasteiger partial charge < -0.3 is 9.47 Å². The van der Waals surface area contributed by atoms with Crippen LogP contribution in [0.1, 0.15) is 53.9 Å². The average molecular weight is 418 g/mol. The Bertz CT molecular complexity index is 1170. The van der Waals surface area contributed by atoms with E-state index in [1.807, 2.05) is 46.8 Å². The number of nitrogens with zero attached hydrogens (tertiary/aromatic N) is 9. The first-order chi connectivity index (χ1) is 14.9. The first-order valence-corrected chi connectivity index (χ1v) is 10.5. The zero-order valence-electron chi connectivity index (χ0n) is 18.7. The van der Waals surface area contributed by atoms with Gasteiger partial charge in [-0.3, -0.25) is 0 Å². The number of anilines is 1. The first kappa shape index (κ1) is 20.7. The summed E-state index contributed by atoms with van der Waals surface area (Å²) in [5, 5.41) is 13.5. The highest BCUT2D eigenvalue weighted by Crippen LogP contribution is 2.32. The van der Waals surface area contributed by atoms with Crippen LogP contribution >= 0.6 is 0 Å². The molecule has 0 bridgehead atoms. The molecule has 9 nitrogen and oxygen atoms in total. The van der Waals surface area contributed by atoms with Crippen LogP contribution in [0.25, 0.3) is 11.9 Å². The Morgan fingerprint density at radius 3 is 2.45 bits per heavy atom. The SMILES string of the molecule is CC=Cc1c(C)nc(C2CN(c3cc(-n4nc(C)nc4C)nc(C)n3)C2)n1CCC#N. The largest absolute Gasteiger partial charge is 0.355 e. The molecule has 4 rings (SSSR count). The van der Waals surface area contributed by atoms with Crippen LogP contribution in [0, 0.1) is 39.0 Å². The van der Waals surface area contributed by atoms with Crippen LogP contribution in [-0.2, 0) is 6.54 Å². The van der Waals surface area contributed by atoms with Crippen molar-refractivity contribution < 1.29 is 0 Å². The summed E-state index contributed by atoms with van der Waals surface area (Å²) in [7, 11) is 0. The minimum Gasteiger partial charge on any atom is -0.355 e. The van der Waals surface area contributed by atoms with Gasteiger partial charge in [0.2, 0.25) is 0 Å². The van der Waals surface area contributed by atoms with Crippen molar-refractivity contribution in [1.29, 1.82) is 5.26 Å². The highest BCUT2D eigenvalue weighted by atomic mass is 15.4. The number of imidazole rings is 1. The third kappa shape index (κ3) is 3.93. The van der Waals surface area contributed by atoms with Gasteiger partial charge in [0.25, 0.3) is 0 Å². The second kappa shape index (κ2) is 8.30. The van der Waals surface area contributed by atoms with E-state index in [1.54, 1.807) is 4.68 Å². The lowest BCUT2D eigenvalue weighted by atomic mass is 9.99. The van der Waals surface area contributed by atoms with Crippen LogP contribution in [0.5, 0.6) is 0 Å². The number of aryl methyl sites for hydroxylation is 4. The van der Waals surface area contributed by atoms with Crippen molar-refractivity contribution in [3.63, 3.8) is 0 Å². The lowest BCUT2D eigenvalue weighted by Crippen LogP contribution is -2.46. The number of rotatable bonds is 6. The molecule has 0 aromatic carbocycles. The molecule has 0 spiro atoms. The highest BCUT2D eigenvalue weighted by Gasteiger charge is 2.34. The summed E-state index contributed by atoms with van der Waals surface area (Å²) in [5.41, 5.74) is 2.09. The summed E-state index contributed by atoms with van der Waals surface area (Å²) in [6.07, 6.45) is 4.56. The molecule has 160 valence electrons. The molecular formula is C22H27N9. The molecule has 0 unspecified atom stereocenters. The van der Waals surface area contributed by atoms with Gasteiger partial charge in [-0.2, -0.15) is 9.94 Å².